The Morgan fingerprint density at radius 2 is 0.895 bits per heavy atom. The number of esters is 4. The monoisotopic (exact) mass is 540 g/mol. The van der Waals surface area contributed by atoms with E-state index in [2.05, 4.69) is 33.2 Å². The molecule has 0 rings (SSSR count). The van der Waals surface area contributed by atoms with Crippen LogP contribution in [-0.4, -0.2) is 69.8 Å². The van der Waals surface area contributed by atoms with Crippen molar-refractivity contribution in [1.29, 1.82) is 0 Å². The topological polar surface area (TPSA) is 124 Å². The summed E-state index contributed by atoms with van der Waals surface area (Å²) in [4.78, 5) is 44.8. The highest BCUT2D eigenvalue weighted by atomic mass is 16.7. The molecule has 0 aromatic carbocycles. The molecule has 0 aliphatic rings. The van der Waals surface area contributed by atoms with Gasteiger partial charge in [-0.1, -0.05) is 46.1 Å². The Labute approximate surface area is 226 Å². The van der Waals surface area contributed by atoms with E-state index in [9.17, 15) is 19.2 Å². The second-order valence-corrected chi connectivity index (χ2v) is 8.35. The second-order valence-electron chi connectivity index (χ2n) is 8.35. The molecule has 10 heteroatoms. The zero-order valence-corrected chi connectivity index (χ0v) is 23.6. The van der Waals surface area contributed by atoms with E-state index in [1.165, 1.54) is 0 Å². The lowest BCUT2D eigenvalue weighted by Gasteiger charge is -2.18. The van der Waals surface area contributed by atoms with Crippen molar-refractivity contribution in [3.05, 3.63) is 48.6 Å². The van der Waals surface area contributed by atoms with Gasteiger partial charge in [-0.15, -0.1) is 0 Å². The van der Waals surface area contributed by atoms with Crippen molar-refractivity contribution in [3.63, 3.8) is 0 Å². The summed E-state index contributed by atoms with van der Waals surface area (Å²) in [5.74, 6) is -1.95. The predicted octanol–water partition coefficient (Wildman–Crippen LogP) is 4.39. The van der Waals surface area contributed by atoms with Crippen LogP contribution in [0.15, 0.2) is 48.6 Å². The molecule has 0 heterocycles. The number of ether oxygens (including phenoxy) is 6. The summed E-state index contributed by atoms with van der Waals surface area (Å²) >= 11 is 0. The maximum absolute atomic E-state index is 11.4. The standard InChI is InChI=1S/C14H22O6.C14H22O4/c1-11(2)13(15)19-9-7-17-5-6-18-8-10-20-14(16)12(3)4;1-6-7-8-9-12(17-13(15)10(2)3)18-14(16)11(4)5/h1,3,5-10H2,2,4H3;12H,2,4,6-9H2,1,3,5H3. The van der Waals surface area contributed by atoms with E-state index in [4.69, 9.17) is 28.4 Å². The van der Waals surface area contributed by atoms with Gasteiger partial charge in [-0.2, -0.15) is 0 Å². The summed E-state index contributed by atoms with van der Waals surface area (Å²) in [5.41, 5.74) is 1.28. The van der Waals surface area contributed by atoms with Gasteiger partial charge in [0, 0.05) is 28.7 Å². The highest BCUT2D eigenvalue weighted by Crippen LogP contribution is 2.12. The molecule has 0 aliphatic carbocycles. The molecule has 0 bridgehead atoms. The largest absolute Gasteiger partial charge is 0.460 e. The van der Waals surface area contributed by atoms with E-state index in [0.717, 1.165) is 19.3 Å². The van der Waals surface area contributed by atoms with E-state index in [0.29, 0.717) is 44.0 Å². The molecule has 0 fully saturated rings. The van der Waals surface area contributed by atoms with Gasteiger partial charge in [-0.05, 0) is 34.1 Å². The molecule has 0 amide bonds. The van der Waals surface area contributed by atoms with Crippen molar-refractivity contribution in [1.82, 2.24) is 0 Å². The van der Waals surface area contributed by atoms with Crippen molar-refractivity contribution in [3.8, 4) is 0 Å². The molecule has 38 heavy (non-hydrogen) atoms. The van der Waals surface area contributed by atoms with Crippen molar-refractivity contribution >= 4 is 23.9 Å². The number of hydrogen-bond acceptors (Lipinski definition) is 10. The van der Waals surface area contributed by atoms with Crippen molar-refractivity contribution in [2.45, 2.75) is 66.6 Å². The summed E-state index contributed by atoms with van der Waals surface area (Å²) in [7, 11) is 0. The van der Waals surface area contributed by atoms with Gasteiger partial charge in [-0.3, -0.25) is 0 Å². The molecule has 0 N–H and O–H groups in total. The van der Waals surface area contributed by atoms with Crippen LogP contribution in [-0.2, 0) is 47.6 Å². The Balaban J connectivity index is 0. The maximum atomic E-state index is 11.4. The summed E-state index contributed by atoms with van der Waals surface area (Å²) in [6.07, 6.45) is 2.49. The number of hydrogen-bond donors (Lipinski definition) is 0. The lowest BCUT2D eigenvalue weighted by molar-refractivity contribution is -0.183. The maximum Gasteiger partial charge on any atom is 0.336 e. The molecule has 10 nitrogen and oxygen atoms in total. The fourth-order valence-electron chi connectivity index (χ4n) is 2.10. The van der Waals surface area contributed by atoms with Gasteiger partial charge < -0.3 is 28.4 Å². The van der Waals surface area contributed by atoms with Crippen LogP contribution in [0.3, 0.4) is 0 Å². The molecule has 0 aromatic rings. The highest BCUT2D eigenvalue weighted by molar-refractivity contribution is 5.88. The first kappa shape index (κ1) is 36.9. The number of carbonyl (C=O) groups excluding carboxylic acids is 4. The quantitative estimate of drug-likeness (QED) is 0.0766. The Hall–Kier alpha value is -3.24. The third-order valence-electron chi connectivity index (χ3n) is 4.21. The van der Waals surface area contributed by atoms with E-state index in [1.54, 1.807) is 27.7 Å². The molecule has 0 spiro atoms. The Bertz CT molecular complexity index is 750. The fourth-order valence-corrected chi connectivity index (χ4v) is 2.10. The Morgan fingerprint density at radius 3 is 1.21 bits per heavy atom. The Morgan fingerprint density at radius 1 is 0.553 bits per heavy atom. The zero-order chi connectivity index (χ0) is 29.5. The van der Waals surface area contributed by atoms with Crippen LogP contribution < -0.4 is 0 Å². The SMILES string of the molecule is C=C(C)C(=O)OC(CCCCC)OC(=O)C(=C)C.C=C(C)C(=O)OCCOCCOCCOC(=O)C(=C)C. The van der Waals surface area contributed by atoms with Gasteiger partial charge in [0.25, 0.3) is 0 Å². The van der Waals surface area contributed by atoms with Crippen LogP contribution in [0.2, 0.25) is 0 Å². The molecule has 0 unspecified atom stereocenters. The molecular formula is C28H44O10. The number of carbonyl (C=O) groups is 4. The lowest BCUT2D eigenvalue weighted by atomic mass is 10.2. The number of unbranched alkanes of at least 4 members (excludes halogenated alkanes) is 2. The normalized spacial score (nSPS) is 9.95. The average Bonchev–Trinajstić information content (AvgIpc) is 2.84. The van der Waals surface area contributed by atoms with Gasteiger partial charge in [0.2, 0.25) is 6.29 Å². The molecule has 0 saturated carbocycles. The van der Waals surface area contributed by atoms with Crippen molar-refractivity contribution in [2.75, 3.05) is 39.6 Å². The predicted molar refractivity (Wildman–Crippen MR) is 143 cm³/mol. The van der Waals surface area contributed by atoms with E-state index >= 15 is 0 Å². The van der Waals surface area contributed by atoms with Gasteiger partial charge in [0.05, 0.1) is 26.4 Å². The van der Waals surface area contributed by atoms with Crippen LogP contribution in [0, 0.1) is 0 Å². The third-order valence-corrected chi connectivity index (χ3v) is 4.21. The van der Waals surface area contributed by atoms with Gasteiger partial charge >= 0.3 is 23.9 Å². The van der Waals surface area contributed by atoms with Crippen LogP contribution in [0.1, 0.15) is 60.3 Å². The van der Waals surface area contributed by atoms with Gasteiger partial charge in [0.1, 0.15) is 13.2 Å². The molecule has 0 aliphatic heterocycles. The molecule has 0 radical (unpaired) electrons. The zero-order valence-electron chi connectivity index (χ0n) is 23.6. The minimum absolute atomic E-state index is 0.182. The van der Waals surface area contributed by atoms with Crippen LogP contribution in [0.5, 0.6) is 0 Å². The van der Waals surface area contributed by atoms with Crippen molar-refractivity contribution < 1.29 is 47.6 Å². The van der Waals surface area contributed by atoms with Gasteiger partial charge in [0.15, 0.2) is 0 Å². The van der Waals surface area contributed by atoms with E-state index < -0.39 is 30.2 Å². The van der Waals surface area contributed by atoms with E-state index in [-0.39, 0.29) is 24.4 Å². The van der Waals surface area contributed by atoms with Crippen molar-refractivity contribution in [2.24, 2.45) is 0 Å². The minimum Gasteiger partial charge on any atom is -0.460 e. The van der Waals surface area contributed by atoms with E-state index in [1.807, 2.05) is 0 Å². The minimum atomic E-state index is -0.857. The average molecular weight is 541 g/mol. The summed E-state index contributed by atoms with van der Waals surface area (Å²) in [6, 6.07) is 0. The first-order valence-electron chi connectivity index (χ1n) is 12.4. The lowest BCUT2D eigenvalue weighted by Crippen LogP contribution is -2.25. The molecule has 0 saturated heterocycles. The Kier molecular flexibility index (Phi) is 22.3. The van der Waals surface area contributed by atoms with Crippen LogP contribution >= 0.6 is 0 Å². The second kappa shape index (κ2) is 22.9. The summed E-state index contributed by atoms with van der Waals surface area (Å²) in [5, 5.41) is 0. The van der Waals surface area contributed by atoms with Crippen LogP contribution in [0.4, 0.5) is 0 Å². The summed E-state index contributed by atoms with van der Waals surface area (Å²) in [6.45, 7) is 23.9. The molecule has 216 valence electrons. The molecular weight excluding hydrogens is 496 g/mol. The molecule has 0 atom stereocenters. The highest BCUT2D eigenvalue weighted by Gasteiger charge is 2.19. The van der Waals surface area contributed by atoms with Crippen LogP contribution in [0.25, 0.3) is 0 Å². The van der Waals surface area contributed by atoms with Gasteiger partial charge in [-0.25, -0.2) is 19.2 Å². The number of rotatable bonds is 19. The smallest absolute Gasteiger partial charge is 0.336 e. The first-order valence-corrected chi connectivity index (χ1v) is 12.4. The fraction of sp³-hybridized carbons (Fsp3) is 0.571. The summed E-state index contributed by atoms with van der Waals surface area (Å²) < 4.78 is 30.1. The molecule has 0 aromatic heterocycles. The first-order chi connectivity index (χ1) is 17.8. The third kappa shape index (κ3) is 22.0.